The van der Waals surface area contributed by atoms with E-state index >= 15 is 0 Å². The molecule has 2 N–H and O–H groups in total. The van der Waals surface area contributed by atoms with E-state index in [0.29, 0.717) is 23.2 Å². The molecule has 0 aliphatic carbocycles. The van der Waals surface area contributed by atoms with Gasteiger partial charge in [0.2, 0.25) is 0 Å². The first kappa shape index (κ1) is 16.3. The highest BCUT2D eigenvalue weighted by molar-refractivity contribution is 5.76. The molecule has 1 aromatic rings. The van der Waals surface area contributed by atoms with E-state index in [1.807, 2.05) is 13.0 Å². The van der Waals surface area contributed by atoms with Crippen LogP contribution in [-0.4, -0.2) is 18.0 Å². The lowest BCUT2D eigenvalue weighted by atomic mass is 9.98. The second-order valence-electron chi connectivity index (χ2n) is 5.49. The molecule has 0 saturated carbocycles. The maximum Gasteiger partial charge on any atom is 0.315 e. The summed E-state index contributed by atoms with van der Waals surface area (Å²) < 4.78 is 0. The zero-order valence-corrected chi connectivity index (χ0v) is 12.8. The van der Waals surface area contributed by atoms with Crippen LogP contribution in [0, 0.1) is 22.0 Å². The van der Waals surface area contributed by atoms with Gasteiger partial charge in [-0.25, -0.2) is 0 Å². The van der Waals surface area contributed by atoms with E-state index in [0.717, 1.165) is 19.5 Å². The van der Waals surface area contributed by atoms with Crippen LogP contribution in [0.5, 0.6) is 0 Å². The third kappa shape index (κ3) is 4.40. The molecule has 0 amide bonds. The average molecular weight is 279 g/mol. The second-order valence-corrected chi connectivity index (χ2v) is 5.49. The van der Waals surface area contributed by atoms with Gasteiger partial charge in [-0.3, -0.25) is 10.1 Å². The van der Waals surface area contributed by atoms with Gasteiger partial charge < -0.3 is 10.6 Å². The second kappa shape index (κ2) is 7.72. The maximum atomic E-state index is 11.3. The van der Waals surface area contributed by atoms with Gasteiger partial charge in [0.25, 0.3) is 0 Å². The number of hydrogen-bond acceptors (Lipinski definition) is 4. The molecule has 0 saturated heterocycles. The third-order valence-corrected chi connectivity index (χ3v) is 3.54. The Kier molecular flexibility index (Phi) is 6.28. The van der Waals surface area contributed by atoms with E-state index in [4.69, 9.17) is 0 Å². The predicted octanol–water partition coefficient (Wildman–Crippen LogP) is 4.12. The predicted molar refractivity (Wildman–Crippen MR) is 84.4 cm³/mol. The van der Waals surface area contributed by atoms with E-state index in [1.54, 1.807) is 12.1 Å². The largest absolute Gasteiger partial charge is 0.379 e. The highest BCUT2D eigenvalue weighted by Crippen LogP contribution is 2.33. The van der Waals surface area contributed by atoms with E-state index in [1.165, 1.54) is 0 Å². The molecule has 0 bridgehead atoms. The molecule has 0 aliphatic heterocycles. The smallest absolute Gasteiger partial charge is 0.315 e. The van der Waals surface area contributed by atoms with Gasteiger partial charge in [-0.15, -0.1) is 0 Å². The van der Waals surface area contributed by atoms with Gasteiger partial charge in [-0.1, -0.05) is 33.8 Å². The number of nitro benzene ring substituents is 1. The number of benzene rings is 1. The van der Waals surface area contributed by atoms with Gasteiger partial charge >= 0.3 is 5.69 Å². The van der Waals surface area contributed by atoms with Crippen molar-refractivity contribution in [1.82, 2.24) is 0 Å². The van der Waals surface area contributed by atoms with Crippen molar-refractivity contribution >= 4 is 17.1 Å². The molecule has 20 heavy (non-hydrogen) atoms. The van der Waals surface area contributed by atoms with Crippen molar-refractivity contribution in [3.05, 3.63) is 28.3 Å². The molecule has 1 aromatic carbocycles. The quantitative estimate of drug-likeness (QED) is 0.555. The zero-order valence-electron chi connectivity index (χ0n) is 12.8. The van der Waals surface area contributed by atoms with Crippen LogP contribution >= 0.6 is 0 Å². The molecule has 0 aromatic heterocycles. The van der Waals surface area contributed by atoms with Crippen molar-refractivity contribution in [2.75, 3.05) is 23.7 Å². The Bertz CT molecular complexity index is 447. The molecular formula is C15H25N3O2. The molecule has 0 heterocycles. The molecule has 0 radical (unpaired) electrons. The van der Waals surface area contributed by atoms with Gasteiger partial charge in [0.05, 0.1) is 4.92 Å². The van der Waals surface area contributed by atoms with Crippen molar-refractivity contribution in [2.45, 2.75) is 34.1 Å². The number of nitrogens with zero attached hydrogens (tertiary/aromatic N) is 1. The van der Waals surface area contributed by atoms with Crippen LogP contribution in [0.25, 0.3) is 0 Å². The Morgan fingerprint density at radius 1 is 1.20 bits per heavy atom. The molecule has 1 rings (SSSR count). The first-order valence-corrected chi connectivity index (χ1v) is 7.22. The Balaban J connectivity index is 2.91. The van der Waals surface area contributed by atoms with Crippen LogP contribution < -0.4 is 10.6 Å². The molecule has 0 spiro atoms. The van der Waals surface area contributed by atoms with E-state index < -0.39 is 0 Å². The Morgan fingerprint density at radius 2 is 1.80 bits per heavy atom. The van der Waals surface area contributed by atoms with Crippen LogP contribution in [0.15, 0.2) is 18.2 Å². The lowest BCUT2D eigenvalue weighted by Gasteiger charge is -2.17. The average Bonchev–Trinajstić information content (AvgIpc) is 2.41. The number of anilines is 2. The summed E-state index contributed by atoms with van der Waals surface area (Å²) in [4.78, 5) is 11.0. The molecule has 5 nitrogen and oxygen atoms in total. The normalized spacial score (nSPS) is 12.2. The van der Waals surface area contributed by atoms with Crippen LogP contribution in [0.1, 0.15) is 34.1 Å². The minimum atomic E-state index is -0.319. The van der Waals surface area contributed by atoms with Gasteiger partial charge in [-0.2, -0.15) is 0 Å². The lowest BCUT2D eigenvalue weighted by Crippen LogP contribution is -2.17. The summed E-state index contributed by atoms with van der Waals surface area (Å²) in [6.07, 6.45) is 0.930. The number of para-hydroxylation sites is 1. The summed E-state index contributed by atoms with van der Waals surface area (Å²) >= 11 is 0. The van der Waals surface area contributed by atoms with Gasteiger partial charge in [0.15, 0.2) is 0 Å². The molecular weight excluding hydrogens is 254 g/mol. The molecule has 5 heteroatoms. The minimum Gasteiger partial charge on any atom is -0.379 e. The fourth-order valence-corrected chi connectivity index (χ4v) is 1.79. The topological polar surface area (TPSA) is 67.2 Å². The first-order chi connectivity index (χ1) is 9.47. The summed E-state index contributed by atoms with van der Waals surface area (Å²) in [5, 5.41) is 17.6. The standard InChI is InChI=1S/C15H25N3O2/c1-5-9-16-13-7-6-8-14(15(13)18(19)20)17-10-12(4)11(2)3/h6-8,11-12,16-17H,5,9-10H2,1-4H3. The first-order valence-electron chi connectivity index (χ1n) is 7.22. The van der Waals surface area contributed by atoms with Gasteiger partial charge in [0, 0.05) is 13.1 Å². The fourth-order valence-electron chi connectivity index (χ4n) is 1.79. The van der Waals surface area contributed by atoms with E-state index in [-0.39, 0.29) is 10.6 Å². The highest BCUT2D eigenvalue weighted by atomic mass is 16.6. The van der Waals surface area contributed by atoms with Crippen molar-refractivity contribution in [1.29, 1.82) is 0 Å². The van der Waals surface area contributed by atoms with E-state index in [9.17, 15) is 10.1 Å². The van der Waals surface area contributed by atoms with Gasteiger partial charge in [0.1, 0.15) is 11.4 Å². The highest BCUT2D eigenvalue weighted by Gasteiger charge is 2.19. The van der Waals surface area contributed by atoms with Crippen LogP contribution in [0.3, 0.4) is 0 Å². The lowest BCUT2D eigenvalue weighted by molar-refractivity contribution is -0.383. The Morgan fingerprint density at radius 3 is 2.30 bits per heavy atom. The summed E-state index contributed by atoms with van der Waals surface area (Å²) in [7, 11) is 0. The van der Waals surface area contributed by atoms with Crippen molar-refractivity contribution in [3.8, 4) is 0 Å². The van der Waals surface area contributed by atoms with Crippen molar-refractivity contribution in [3.63, 3.8) is 0 Å². The minimum absolute atomic E-state index is 0.136. The number of hydrogen-bond donors (Lipinski definition) is 2. The number of nitrogens with one attached hydrogen (secondary N) is 2. The SMILES string of the molecule is CCCNc1cccc(NCC(C)C(C)C)c1[N+](=O)[O-]. The maximum absolute atomic E-state index is 11.3. The fraction of sp³-hybridized carbons (Fsp3) is 0.600. The summed E-state index contributed by atoms with van der Waals surface area (Å²) in [5.74, 6) is 1.00. The molecule has 1 unspecified atom stereocenters. The summed E-state index contributed by atoms with van der Waals surface area (Å²) in [5.41, 5.74) is 1.31. The monoisotopic (exact) mass is 279 g/mol. The molecule has 1 atom stereocenters. The number of nitro groups is 1. The van der Waals surface area contributed by atoms with Crippen LogP contribution in [0.2, 0.25) is 0 Å². The Hall–Kier alpha value is -1.78. The summed E-state index contributed by atoms with van der Waals surface area (Å²) in [6, 6.07) is 5.36. The third-order valence-electron chi connectivity index (χ3n) is 3.54. The number of rotatable bonds is 8. The summed E-state index contributed by atoms with van der Waals surface area (Å²) in [6.45, 7) is 9.94. The molecule has 0 fully saturated rings. The molecule has 0 aliphatic rings. The van der Waals surface area contributed by atoms with Crippen LogP contribution in [-0.2, 0) is 0 Å². The molecule has 112 valence electrons. The van der Waals surface area contributed by atoms with Crippen LogP contribution in [0.4, 0.5) is 17.1 Å². The Labute approximate surface area is 120 Å². The zero-order chi connectivity index (χ0) is 15.1. The van der Waals surface area contributed by atoms with Gasteiger partial charge in [-0.05, 0) is 30.4 Å². The van der Waals surface area contributed by atoms with Crippen molar-refractivity contribution < 1.29 is 4.92 Å². The van der Waals surface area contributed by atoms with Crippen molar-refractivity contribution in [2.24, 2.45) is 11.8 Å². The van der Waals surface area contributed by atoms with E-state index in [2.05, 4.69) is 31.4 Å².